The quantitative estimate of drug-likeness (QED) is 0.827. The Morgan fingerprint density at radius 2 is 1.95 bits per heavy atom. The Bertz CT molecular complexity index is 505. The van der Waals surface area contributed by atoms with Crippen molar-refractivity contribution in [1.29, 1.82) is 0 Å². The first kappa shape index (κ1) is 14.8. The molecule has 1 N–H and O–H groups in total. The molecule has 1 atom stereocenters. The molecule has 0 aliphatic carbocycles. The maximum Gasteiger partial charge on any atom is 0.0872 e. The lowest BCUT2D eigenvalue weighted by molar-refractivity contribution is -0.0964. The fourth-order valence-corrected chi connectivity index (χ4v) is 2.69. The Morgan fingerprint density at radius 1 is 1.30 bits per heavy atom. The molecule has 0 bridgehead atoms. The monoisotopic (exact) mass is 269 g/mol. The average molecular weight is 269 g/mol. The lowest BCUT2D eigenvalue weighted by Gasteiger charge is -2.48. The molecule has 20 heavy (non-hydrogen) atoms. The minimum Gasteiger partial charge on any atom is -0.388 e. The van der Waals surface area contributed by atoms with Crippen LogP contribution in [0.2, 0.25) is 0 Å². The van der Waals surface area contributed by atoms with E-state index in [-0.39, 0.29) is 6.04 Å². The van der Waals surface area contributed by atoms with Gasteiger partial charge in [-0.25, -0.2) is 0 Å². The summed E-state index contributed by atoms with van der Waals surface area (Å²) < 4.78 is 0. The normalized spacial score (nSPS) is 20.1. The van der Waals surface area contributed by atoms with Gasteiger partial charge in [0.15, 0.2) is 0 Å². The van der Waals surface area contributed by atoms with Crippen LogP contribution in [0, 0.1) is 0 Å². The molecule has 1 saturated heterocycles. The molecule has 1 aliphatic heterocycles. The molecule has 0 radical (unpaired) electrons. The van der Waals surface area contributed by atoms with Crippen LogP contribution in [0.15, 0.2) is 66.8 Å². The molecule has 106 valence electrons. The van der Waals surface area contributed by atoms with Crippen LogP contribution in [0.3, 0.4) is 0 Å². The van der Waals surface area contributed by atoms with Crippen LogP contribution in [0.5, 0.6) is 0 Å². The number of allylic oxidation sites excluding steroid dienone is 3. The van der Waals surface area contributed by atoms with Crippen molar-refractivity contribution in [1.82, 2.24) is 4.90 Å². The Labute approximate surface area is 121 Å². The van der Waals surface area contributed by atoms with Gasteiger partial charge in [-0.15, -0.1) is 0 Å². The Kier molecular flexibility index (Phi) is 4.58. The van der Waals surface area contributed by atoms with E-state index in [2.05, 4.69) is 23.6 Å². The van der Waals surface area contributed by atoms with Crippen molar-refractivity contribution in [3.05, 3.63) is 72.4 Å². The second kappa shape index (κ2) is 6.21. The highest BCUT2D eigenvalue weighted by molar-refractivity contribution is 5.34. The van der Waals surface area contributed by atoms with Gasteiger partial charge in [0, 0.05) is 13.1 Å². The van der Waals surface area contributed by atoms with Gasteiger partial charge in [-0.2, -0.15) is 0 Å². The predicted octanol–water partition coefficient (Wildman–Crippen LogP) is 3.48. The minimum absolute atomic E-state index is 0.137. The lowest BCUT2D eigenvalue weighted by Crippen LogP contribution is -2.60. The van der Waals surface area contributed by atoms with Crippen LogP contribution >= 0.6 is 0 Å². The number of β-amino-alcohol motifs (C(OH)–C–C–N with tert-alkyl or cyclic N) is 1. The second-order valence-corrected chi connectivity index (χ2v) is 5.67. The van der Waals surface area contributed by atoms with Gasteiger partial charge in [-0.05, 0) is 25.0 Å². The van der Waals surface area contributed by atoms with E-state index >= 15 is 0 Å². The molecule has 1 fully saturated rings. The number of rotatable bonds is 5. The fraction of sp³-hybridized carbons (Fsp3) is 0.333. The van der Waals surface area contributed by atoms with Gasteiger partial charge in [0.05, 0.1) is 11.6 Å². The zero-order valence-electron chi connectivity index (χ0n) is 12.3. The first-order valence-electron chi connectivity index (χ1n) is 7.03. The average Bonchev–Trinajstić information content (AvgIpc) is 2.38. The summed E-state index contributed by atoms with van der Waals surface area (Å²) in [5.41, 5.74) is 1.70. The minimum atomic E-state index is -0.569. The Hall–Kier alpha value is -1.64. The fourth-order valence-electron chi connectivity index (χ4n) is 2.69. The lowest BCUT2D eigenvalue weighted by atomic mass is 9.89. The highest BCUT2D eigenvalue weighted by atomic mass is 16.3. The van der Waals surface area contributed by atoms with Crippen LogP contribution in [0.25, 0.3) is 0 Å². The third-order valence-electron chi connectivity index (χ3n) is 3.53. The van der Waals surface area contributed by atoms with Crippen LogP contribution in [-0.2, 0) is 0 Å². The van der Waals surface area contributed by atoms with Crippen LogP contribution < -0.4 is 0 Å². The molecule has 1 aromatic rings. The molecule has 2 heteroatoms. The van der Waals surface area contributed by atoms with E-state index < -0.39 is 5.60 Å². The van der Waals surface area contributed by atoms with Crippen molar-refractivity contribution in [2.75, 3.05) is 13.1 Å². The first-order valence-corrected chi connectivity index (χ1v) is 7.03. The largest absolute Gasteiger partial charge is 0.388 e. The molecule has 0 saturated carbocycles. The summed E-state index contributed by atoms with van der Waals surface area (Å²) in [6.45, 7) is 9.45. The number of likely N-dealkylation sites (tertiary alicyclic amines) is 1. The first-order chi connectivity index (χ1) is 9.53. The standard InChI is InChI=1S/C18H23NO/c1-4-5-7-10-15(2)17(16-11-8-6-9-12-16)19-13-18(3,20)14-19/h4-12,17,20H,2,13-14H2,1,3H3/b5-4-,10-7-. The maximum atomic E-state index is 9.97. The van der Waals surface area contributed by atoms with Gasteiger partial charge in [0.2, 0.25) is 0 Å². The van der Waals surface area contributed by atoms with Crippen LogP contribution in [0.1, 0.15) is 25.5 Å². The highest BCUT2D eigenvalue weighted by Crippen LogP contribution is 2.35. The van der Waals surface area contributed by atoms with E-state index in [1.54, 1.807) is 0 Å². The molecule has 1 aromatic carbocycles. The molecule has 0 spiro atoms. The van der Waals surface area contributed by atoms with Gasteiger partial charge < -0.3 is 5.11 Å². The van der Waals surface area contributed by atoms with Crippen molar-refractivity contribution < 1.29 is 5.11 Å². The van der Waals surface area contributed by atoms with Crippen LogP contribution in [-0.4, -0.2) is 28.7 Å². The summed E-state index contributed by atoms with van der Waals surface area (Å²) in [6.07, 6.45) is 8.05. The predicted molar refractivity (Wildman–Crippen MR) is 84.5 cm³/mol. The van der Waals surface area contributed by atoms with Crippen molar-refractivity contribution in [3.8, 4) is 0 Å². The third kappa shape index (κ3) is 3.47. The van der Waals surface area contributed by atoms with Gasteiger partial charge in [-0.3, -0.25) is 4.90 Å². The Balaban J connectivity index is 2.19. The summed E-state index contributed by atoms with van der Waals surface area (Å²) in [5.74, 6) is 0. The zero-order chi connectivity index (χ0) is 14.6. The molecule has 2 rings (SSSR count). The van der Waals surface area contributed by atoms with Crippen molar-refractivity contribution in [2.45, 2.75) is 25.5 Å². The molecule has 0 aromatic heterocycles. The van der Waals surface area contributed by atoms with Crippen molar-refractivity contribution >= 4 is 0 Å². The van der Waals surface area contributed by atoms with Crippen molar-refractivity contribution in [2.24, 2.45) is 0 Å². The molecule has 2 nitrogen and oxygen atoms in total. The molecule has 1 aliphatic rings. The Morgan fingerprint density at radius 3 is 2.50 bits per heavy atom. The number of hydrogen-bond acceptors (Lipinski definition) is 2. The van der Waals surface area contributed by atoms with Gasteiger partial charge in [0.1, 0.15) is 0 Å². The highest BCUT2D eigenvalue weighted by Gasteiger charge is 2.41. The van der Waals surface area contributed by atoms with Crippen LogP contribution in [0.4, 0.5) is 0 Å². The summed E-state index contributed by atoms with van der Waals surface area (Å²) in [5, 5.41) is 9.97. The van der Waals surface area contributed by atoms with E-state index in [0.29, 0.717) is 13.1 Å². The zero-order valence-corrected chi connectivity index (χ0v) is 12.3. The third-order valence-corrected chi connectivity index (χ3v) is 3.53. The van der Waals surface area contributed by atoms with Gasteiger partial charge >= 0.3 is 0 Å². The van der Waals surface area contributed by atoms with E-state index in [1.807, 2.05) is 56.4 Å². The van der Waals surface area contributed by atoms with E-state index in [0.717, 1.165) is 5.57 Å². The summed E-state index contributed by atoms with van der Waals surface area (Å²) in [7, 11) is 0. The molecular formula is C18H23NO. The molecule has 0 amide bonds. The number of hydrogen-bond donors (Lipinski definition) is 1. The molecule has 1 unspecified atom stereocenters. The summed E-state index contributed by atoms with van der Waals surface area (Å²) >= 11 is 0. The van der Waals surface area contributed by atoms with E-state index in [9.17, 15) is 5.11 Å². The smallest absolute Gasteiger partial charge is 0.0872 e. The topological polar surface area (TPSA) is 23.5 Å². The van der Waals surface area contributed by atoms with Gasteiger partial charge in [0.25, 0.3) is 0 Å². The van der Waals surface area contributed by atoms with E-state index in [1.165, 1.54) is 5.56 Å². The summed E-state index contributed by atoms with van der Waals surface area (Å²) in [6, 6.07) is 10.5. The number of aliphatic hydroxyl groups is 1. The SMILES string of the molecule is C=C(/C=C\C=C/C)C(c1ccccc1)N1CC(C)(O)C1. The molecular weight excluding hydrogens is 246 g/mol. The number of benzene rings is 1. The van der Waals surface area contributed by atoms with Crippen molar-refractivity contribution in [3.63, 3.8) is 0 Å². The maximum absolute atomic E-state index is 9.97. The summed E-state index contributed by atoms with van der Waals surface area (Å²) in [4.78, 5) is 2.26. The van der Waals surface area contributed by atoms with Gasteiger partial charge in [-0.1, -0.05) is 61.2 Å². The van der Waals surface area contributed by atoms with E-state index in [4.69, 9.17) is 0 Å². The number of nitrogens with zero attached hydrogens (tertiary/aromatic N) is 1. The second-order valence-electron chi connectivity index (χ2n) is 5.67. The molecule has 1 heterocycles.